The molecule has 108 valence electrons. The summed E-state index contributed by atoms with van der Waals surface area (Å²) in [5, 5.41) is 0. The summed E-state index contributed by atoms with van der Waals surface area (Å²) < 4.78 is 10.6. The van der Waals surface area contributed by atoms with E-state index in [-0.39, 0.29) is 12.7 Å². The maximum atomic E-state index is 12.4. The van der Waals surface area contributed by atoms with Gasteiger partial charge in [-0.1, -0.05) is 23.8 Å². The first-order valence-corrected chi connectivity index (χ1v) is 6.84. The molecule has 0 saturated carbocycles. The van der Waals surface area contributed by atoms with Crippen LogP contribution in [0.1, 0.15) is 21.5 Å². The maximum Gasteiger partial charge on any atom is 0.253 e. The molecular formula is C17H17NO3. The number of benzene rings is 2. The lowest BCUT2D eigenvalue weighted by atomic mass is 10.1. The highest BCUT2D eigenvalue weighted by Gasteiger charge is 2.16. The van der Waals surface area contributed by atoms with E-state index in [9.17, 15) is 4.79 Å². The SMILES string of the molecule is Cc1cccc(C(=O)N(C)Cc2ccc3c(c2)OCO3)c1. The molecule has 2 aromatic carbocycles. The molecule has 0 unspecified atom stereocenters. The summed E-state index contributed by atoms with van der Waals surface area (Å²) in [6.07, 6.45) is 0. The van der Waals surface area contributed by atoms with Gasteiger partial charge >= 0.3 is 0 Å². The maximum absolute atomic E-state index is 12.4. The van der Waals surface area contributed by atoms with Gasteiger partial charge in [0.1, 0.15) is 0 Å². The molecule has 4 nitrogen and oxygen atoms in total. The van der Waals surface area contributed by atoms with Gasteiger partial charge in [0.25, 0.3) is 5.91 Å². The quantitative estimate of drug-likeness (QED) is 0.869. The van der Waals surface area contributed by atoms with Crippen molar-refractivity contribution in [3.63, 3.8) is 0 Å². The van der Waals surface area contributed by atoms with Gasteiger partial charge in [-0.3, -0.25) is 4.79 Å². The van der Waals surface area contributed by atoms with Gasteiger partial charge in [0.15, 0.2) is 11.5 Å². The summed E-state index contributed by atoms with van der Waals surface area (Å²) >= 11 is 0. The van der Waals surface area contributed by atoms with E-state index in [1.165, 1.54) is 0 Å². The van der Waals surface area contributed by atoms with E-state index >= 15 is 0 Å². The molecular weight excluding hydrogens is 266 g/mol. The van der Waals surface area contributed by atoms with E-state index in [1.54, 1.807) is 11.9 Å². The van der Waals surface area contributed by atoms with Crippen molar-refractivity contribution in [2.24, 2.45) is 0 Å². The Bertz CT molecular complexity index is 681. The average molecular weight is 283 g/mol. The molecule has 0 bridgehead atoms. The molecule has 3 rings (SSSR count). The molecule has 1 aliphatic rings. The number of carbonyl (C=O) groups excluding carboxylic acids is 1. The highest BCUT2D eigenvalue weighted by molar-refractivity contribution is 5.94. The van der Waals surface area contributed by atoms with E-state index in [2.05, 4.69) is 0 Å². The van der Waals surface area contributed by atoms with E-state index in [0.717, 1.165) is 22.6 Å². The van der Waals surface area contributed by atoms with Gasteiger partial charge in [0.2, 0.25) is 6.79 Å². The lowest BCUT2D eigenvalue weighted by Crippen LogP contribution is -2.26. The van der Waals surface area contributed by atoms with Gasteiger partial charge in [-0.25, -0.2) is 0 Å². The van der Waals surface area contributed by atoms with Crippen LogP contribution in [0.3, 0.4) is 0 Å². The molecule has 1 heterocycles. The number of hydrogen-bond acceptors (Lipinski definition) is 3. The Labute approximate surface area is 123 Å². The predicted molar refractivity (Wildman–Crippen MR) is 79.5 cm³/mol. The fourth-order valence-electron chi connectivity index (χ4n) is 2.38. The van der Waals surface area contributed by atoms with Crippen molar-refractivity contribution in [3.8, 4) is 11.5 Å². The van der Waals surface area contributed by atoms with Crippen LogP contribution >= 0.6 is 0 Å². The van der Waals surface area contributed by atoms with E-state index in [0.29, 0.717) is 12.1 Å². The molecule has 0 fully saturated rings. The standard InChI is InChI=1S/C17H17NO3/c1-12-4-3-5-14(8-12)17(19)18(2)10-13-6-7-15-16(9-13)21-11-20-15/h3-9H,10-11H2,1-2H3. The van der Waals surface area contributed by atoms with Crippen LogP contribution in [0.4, 0.5) is 0 Å². The van der Waals surface area contributed by atoms with Gasteiger partial charge < -0.3 is 14.4 Å². The first kappa shape index (κ1) is 13.5. The molecule has 0 aliphatic carbocycles. The zero-order chi connectivity index (χ0) is 14.8. The van der Waals surface area contributed by atoms with Crippen LogP contribution in [0.5, 0.6) is 11.5 Å². The first-order chi connectivity index (χ1) is 10.1. The molecule has 21 heavy (non-hydrogen) atoms. The van der Waals surface area contributed by atoms with Crippen molar-refractivity contribution >= 4 is 5.91 Å². The fourth-order valence-corrected chi connectivity index (χ4v) is 2.38. The number of ether oxygens (including phenoxy) is 2. The van der Waals surface area contributed by atoms with Crippen LogP contribution in [-0.4, -0.2) is 24.6 Å². The Morgan fingerprint density at radius 2 is 1.95 bits per heavy atom. The lowest BCUT2D eigenvalue weighted by molar-refractivity contribution is 0.0785. The van der Waals surface area contributed by atoms with Crippen molar-refractivity contribution in [1.82, 2.24) is 4.90 Å². The number of amides is 1. The van der Waals surface area contributed by atoms with E-state index < -0.39 is 0 Å². The first-order valence-electron chi connectivity index (χ1n) is 6.84. The fraction of sp³-hybridized carbons (Fsp3) is 0.235. The Morgan fingerprint density at radius 3 is 2.76 bits per heavy atom. The minimum absolute atomic E-state index is 0.0105. The molecule has 0 spiro atoms. The number of carbonyl (C=O) groups is 1. The van der Waals surface area contributed by atoms with Crippen molar-refractivity contribution in [2.45, 2.75) is 13.5 Å². The molecule has 4 heteroatoms. The molecule has 0 N–H and O–H groups in total. The van der Waals surface area contributed by atoms with Crippen LogP contribution in [0, 0.1) is 6.92 Å². The van der Waals surface area contributed by atoms with E-state index in [4.69, 9.17) is 9.47 Å². The molecule has 2 aromatic rings. The minimum atomic E-state index is 0.0105. The van der Waals surface area contributed by atoms with Gasteiger partial charge in [0.05, 0.1) is 0 Å². The lowest BCUT2D eigenvalue weighted by Gasteiger charge is -2.17. The van der Waals surface area contributed by atoms with Crippen molar-refractivity contribution in [3.05, 3.63) is 59.2 Å². The highest BCUT2D eigenvalue weighted by atomic mass is 16.7. The van der Waals surface area contributed by atoms with Crippen LogP contribution < -0.4 is 9.47 Å². The summed E-state index contributed by atoms with van der Waals surface area (Å²) in [5.74, 6) is 1.51. The monoisotopic (exact) mass is 283 g/mol. The van der Waals surface area contributed by atoms with Gasteiger partial charge in [-0.15, -0.1) is 0 Å². The zero-order valence-electron chi connectivity index (χ0n) is 12.1. The van der Waals surface area contributed by atoms with Crippen molar-refractivity contribution < 1.29 is 14.3 Å². The summed E-state index contributed by atoms with van der Waals surface area (Å²) in [4.78, 5) is 14.1. The normalized spacial score (nSPS) is 12.3. The van der Waals surface area contributed by atoms with Crippen molar-refractivity contribution in [2.75, 3.05) is 13.8 Å². The van der Waals surface area contributed by atoms with Crippen LogP contribution in [0.25, 0.3) is 0 Å². The van der Waals surface area contributed by atoms with Gasteiger partial charge in [0, 0.05) is 19.2 Å². The second kappa shape index (κ2) is 5.48. The highest BCUT2D eigenvalue weighted by Crippen LogP contribution is 2.32. The molecule has 1 aliphatic heterocycles. The Balaban J connectivity index is 1.74. The summed E-state index contributed by atoms with van der Waals surface area (Å²) in [5.41, 5.74) is 2.80. The largest absolute Gasteiger partial charge is 0.454 e. The molecule has 0 atom stereocenters. The number of rotatable bonds is 3. The second-order valence-electron chi connectivity index (χ2n) is 5.22. The van der Waals surface area contributed by atoms with Gasteiger partial charge in [-0.05, 0) is 36.8 Å². The molecule has 1 amide bonds. The molecule has 0 saturated heterocycles. The Hall–Kier alpha value is -2.49. The molecule has 0 radical (unpaired) electrons. The Kier molecular flexibility index (Phi) is 3.52. The third-order valence-corrected chi connectivity index (χ3v) is 3.47. The number of hydrogen-bond donors (Lipinski definition) is 0. The topological polar surface area (TPSA) is 38.8 Å². The smallest absolute Gasteiger partial charge is 0.253 e. The summed E-state index contributed by atoms with van der Waals surface area (Å²) in [6, 6.07) is 13.4. The Morgan fingerprint density at radius 1 is 1.14 bits per heavy atom. The third kappa shape index (κ3) is 2.84. The summed E-state index contributed by atoms with van der Waals surface area (Å²) in [6.45, 7) is 2.77. The predicted octanol–water partition coefficient (Wildman–Crippen LogP) is 3.00. The number of fused-ring (bicyclic) bond motifs is 1. The average Bonchev–Trinajstić information content (AvgIpc) is 2.94. The van der Waals surface area contributed by atoms with Crippen LogP contribution in [0.2, 0.25) is 0 Å². The van der Waals surface area contributed by atoms with Gasteiger partial charge in [-0.2, -0.15) is 0 Å². The van der Waals surface area contributed by atoms with Crippen molar-refractivity contribution in [1.29, 1.82) is 0 Å². The second-order valence-corrected chi connectivity index (χ2v) is 5.22. The summed E-state index contributed by atoms with van der Waals surface area (Å²) in [7, 11) is 1.80. The molecule has 0 aromatic heterocycles. The number of aryl methyl sites for hydroxylation is 1. The van der Waals surface area contributed by atoms with Crippen LogP contribution in [0.15, 0.2) is 42.5 Å². The minimum Gasteiger partial charge on any atom is -0.454 e. The van der Waals surface area contributed by atoms with Crippen LogP contribution in [-0.2, 0) is 6.54 Å². The number of nitrogens with zero attached hydrogens (tertiary/aromatic N) is 1. The van der Waals surface area contributed by atoms with E-state index in [1.807, 2.05) is 49.4 Å². The zero-order valence-corrected chi connectivity index (χ0v) is 12.1. The third-order valence-electron chi connectivity index (χ3n) is 3.47.